The number of hydrogen-bond acceptors (Lipinski definition) is 2. The topological polar surface area (TPSA) is 18.5 Å². The predicted octanol–water partition coefficient (Wildman–Crippen LogP) is 10.9. The van der Waals surface area contributed by atoms with Crippen molar-refractivity contribution in [1.29, 1.82) is 0 Å². The van der Waals surface area contributed by atoms with Crippen LogP contribution < -0.4 is 9.47 Å². The summed E-state index contributed by atoms with van der Waals surface area (Å²) in [6, 6.07) is 8.14. The standard InChI is InChI=1S/C31H26F10O2/c1-2-3-17-4-6-18(7-5-17)19-8-10-20(11-9-19)21-12-23(32)28(24(33)13-21)31(40,41)42-22-14-25(34)29(26(35)15-22)43-30(38,39)16-27(36)37/h8-18H,2-7H2,1H3. The van der Waals surface area contributed by atoms with Crippen LogP contribution in [0.2, 0.25) is 0 Å². The van der Waals surface area contributed by atoms with Gasteiger partial charge in [0.25, 0.3) is 6.08 Å². The molecule has 0 N–H and O–H groups in total. The molecular weight excluding hydrogens is 594 g/mol. The van der Waals surface area contributed by atoms with E-state index in [0.717, 1.165) is 43.6 Å². The highest BCUT2D eigenvalue weighted by Crippen LogP contribution is 2.41. The van der Waals surface area contributed by atoms with Crippen molar-refractivity contribution in [3.05, 3.63) is 95.1 Å². The lowest BCUT2D eigenvalue weighted by Crippen LogP contribution is -2.26. The van der Waals surface area contributed by atoms with Crippen LogP contribution in [0.5, 0.6) is 11.5 Å². The Kier molecular flexibility index (Phi) is 9.66. The molecule has 0 saturated heterocycles. The molecule has 0 radical (unpaired) electrons. The van der Waals surface area contributed by atoms with Gasteiger partial charge in [0.2, 0.25) is 0 Å². The fourth-order valence-electron chi connectivity index (χ4n) is 5.34. The Hall–Kier alpha value is -3.70. The van der Waals surface area contributed by atoms with E-state index in [2.05, 4.69) is 16.4 Å². The highest BCUT2D eigenvalue weighted by Gasteiger charge is 2.42. The molecule has 0 aliphatic heterocycles. The number of rotatable bonds is 10. The summed E-state index contributed by atoms with van der Waals surface area (Å²) in [6.45, 7) is 2.16. The molecule has 2 nitrogen and oxygen atoms in total. The van der Waals surface area contributed by atoms with E-state index in [1.54, 1.807) is 12.1 Å². The zero-order valence-corrected chi connectivity index (χ0v) is 22.7. The second kappa shape index (κ2) is 12.9. The molecule has 43 heavy (non-hydrogen) atoms. The van der Waals surface area contributed by atoms with Gasteiger partial charge in [-0.3, -0.25) is 0 Å². The Morgan fingerprint density at radius 2 is 1.33 bits per heavy atom. The van der Waals surface area contributed by atoms with E-state index in [4.69, 9.17) is 0 Å². The van der Waals surface area contributed by atoms with Crippen LogP contribution in [0.15, 0.2) is 60.7 Å². The summed E-state index contributed by atoms with van der Waals surface area (Å²) in [5.74, 6) is -9.68. The van der Waals surface area contributed by atoms with Crippen molar-refractivity contribution in [3.8, 4) is 22.6 Å². The molecular formula is C31H26F10O2. The van der Waals surface area contributed by atoms with E-state index in [1.165, 1.54) is 6.42 Å². The third-order valence-electron chi connectivity index (χ3n) is 7.33. The maximum absolute atomic E-state index is 14.9. The molecule has 0 bridgehead atoms. The summed E-state index contributed by atoms with van der Waals surface area (Å²) in [4.78, 5) is 0. The Balaban J connectivity index is 1.51. The molecule has 3 aromatic carbocycles. The average molecular weight is 621 g/mol. The summed E-state index contributed by atoms with van der Waals surface area (Å²) in [5.41, 5.74) is -0.489. The van der Waals surface area contributed by atoms with Crippen molar-refractivity contribution in [2.45, 2.75) is 63.6 Å². The zero-order chi connectivity index (χ0) is 31.5. The molecule has 0 unspecified atom stereocenters. The number of hydrogen-bond donors (Lipinski definition) is 0. The predicted molar refractivity (Wildman–Crippen MR) is 138 cm³/mol. The van der Waals surface area contributed by atoms with Crippen LogP contribution in [0.4, 0.5) is 43.9 Å². The van der Waals surface area contributed by atoms with Gasteiger partial charge in [-0.2, -0.15) is 26.3 Å². The Morgan fingerprint density at radius 1 is 0.767 bits per heavy atom. The summed E-state index contributed by atoms with van der Waals surface area (Å²) >= 11 is 0. The van der Waals surface area contributed by atoms with Crippen molar-refractivity contribution in [2.75, 3.05) is 0 Å². The van der Waals surface area contributed by atoms with Crippen LogP contribution in [-0.2, 0) is 6.11 Å². The van der Waals surface area contributed by atoms with Gasteiger partial charge in [0, 0.05) is 12.1 Å². The fraction of sp³-hybridized carbons (Fsp3) is 0.355. The van der Waals surface area contributed by atoms with Crippen molar-refractivity contribution >= 4 is 0 Å². The Labute approximate surface area is 240 Å². The molecule has 4 rings (SSSR count). The third-order valence-corrected chi connectivity index (χ3v) is 7.33. The van der Waals surface area contributed by atoms with Gasteiger partial charge in [-0.05, 0) is 66.3 Å². The van der Waals surface area contributed by atoms with Crippen LogP contribution in [0.1, 0.15) is 62.5 Å². The first-order valence-electron chi connectivity index (χ1n) is 13.5. The SMILES string of the molecule is CCCC1CCC(c2ccc(-c3cc(F)c(C(F)(F)Oc4cc(F)c(OC(F)(F)C=C(F)F)c(F)c4)c(F)c3)cc2)CC1. The highest BCUT2D eigenvalue weighted by molar-refractivity contribution is 5.64. The van der Waals surface area contributed by atoms with Gasteiger partial charge in [0.05, 0.1) is 6.08 Å². The molecule has 3 aromatic rings. The Bertz CT molecular complexity index is 1410. The van der Waals surface area contributed by atoms with E-state index >= 15 is 0 Å². The lowest BCUT2D eigenvalue weighted by molar-refractivity contribution is -0.189. The van der Waals surface area contributed by atoms with E-state index in [0.29, 0.717) is 23.6 Å². The lowest BCUT2D eigenvalue weighted by atomic mass is 9.77. The van der Waals surface area contributed by atoms with Crippen molar-refractivity contribution in [1.82, 2.24) is 0 Å². The molecule has 1 aliphatic rings. The first-order chi connectivity index (χ1) is 20.2. The molecule has 1 fully saturated rings. The van der Waals surface area contributed by atoms with E-state index in [-0.39, 0.29) is 17.7 Å². The van der Waals surface area contributed by atoms with Crippen molar-refractivity contribution in [2.24, 2.45) is 5.92 Å². The monoisotopic (exact) mass is 620 g/mol. The van der Waals surface area contributed by atoms with Crippen LogP contribution in [0.25, 0.3) is 11.1 Å². The molecule has 1 aliphatic carbocycles. The van der Waals surface area contributed by atoms with Crippen LogP contribution in [0.3, 0.4) is 0 Å². The van der Waals surface area contributed by atoms with Crippen molar-refractivity contribution in [3.63, 3.8) is 0 Å². The maximum Gasteiger partial charge on any atom is 0.432 e. The van der Waals surface area contributed by atoms with Gasteiger partial charge in [0.1, 0.15) is 22.9 Å². The molecule has 0 spiro atoms. The van der Waals surface area contributed by atoms with Gasteiger partial charge in [0.15, 0.2) is 17.4 Å². The second-order valence-corrected chi connectivity index (χ2v) is 10.4. The smallest absolute Gasteiger partial charge is 0.429 e. The third kappa shape index (κ3) is 7.83. The number of ether oxygens (including phenoxy) is 2. The minimum Gasteiger partial charge on any atom is -0.429 e. The molecule has 12 heteroatoms. The number of alkyl halides is 4. The van der Waals surface area contributed by atoms with Crippen LogP contribution >= 0.6 is 0 Å². The van der Waals surface area contributed by atoms with Gasteiger partial charge in [-0.1, -0.05) is 44.0 Å². The molecule has 232 valence electrons. The lowest BCUT2D eigenvalue weighted by Gasteiger charge is -2.28. The first-order valence-corrected chi connectivity index (χ1v) is 13.5. The van der Waals surface area contributed by atoms with Crippen LogP contribution in [-0.4, -0.2) is 6.11 Å². The van der Waals surface area contributed by atoms with E-state index in [9.17, 15) is 43.9 Å². The first kappa shape index (κ1) is 32.2. The maximum atomic E-state index is 14.9. The Morgan fingerprint density at radius 3 is 1.84 bits per heavy atom. The normalized spacial score (nSPS) is 17.5. The molecule has 1 saturated carbocycles. The van der Waals surface area contributed by atoms with Gasteiger partial charge < -0.3 is 9.47 Å². The second-order valence-electron chi connectivity index (χ2n) is 10.4. The van der Waals surface area contributed by atoms with Gasteiger partial charge >= 0.3 is 12.2 Å². The number of benzene rings is 3. The van der Waals surface area contributed by atoms with E-state index in [1.807, 2.05) is 12.1 Å². The minimum atomic E-state index is -4.85. The molecule has 0 aromatic heterocycles. The highest BCUT2D eigenvalue weighted by atomic mass is 19.3. The van der Waals surface area contributed by atoms with Crippen LogP contribution in [0, 0.1) is 29.2 Å². The van der Waals surface area contributed by atoms with Gasteiger partial charge in [-0.15, -0.1) is 0 Å². The average Bonchev–Trinajstić information content (AvgIpc) is 2.90. The number of halogens is 10. The summed E-state index contributed by atoms with van der Waals surface area (Å²) < 4.78 is 146. The molecule has 0 amide bonds. The summed E-state index contributed by atoms with van der Waals surface area (Å²) in [7, 11) is 0. The quantitative estimate of drug-likeness (QED) is 0.210. The summed E-state index contributed by atoms with van der Waals surface area (Å²) in [6.07, 6.45) is -6.97. The minimum absolute atomic E-state index is 0.0417. The fourth-order valence-corrected chi connectivity index (χ4v) is 5.34. The largest absolute Gasteiger partial charge is 0.432 e. The summed E-state index contributed by atoms with van der Waals surface area (Å²) in [5, 5.41) is 0. The molecule has 0 atom stereocenters. The van der Waals surface area contributed by atoms with Gasteiger partial charge in [-0.25, -0.2) is 17.6 Å². The van der Waals surface area contributed by atoms with E-state index < -0.39 is 64.7 Å². The molecule has 0 heterocycles. The zero-order valence-electron chi connectivity index (χ0n) is 22.7. The van der Waals surface area contributed by atoms with Crippen molar-refractivity contribution < 1.29 is 53.4 Å².